The van der Waals surface area contributed by atoms with Crippen molar-refractivity contribution < 1.29 is 4.52 Å². The second-order valence-corrected chi connectivity index (χ2v) is 5.93. The van der Waals surface area contributed by atoms with E-state index >= 15 is 0 Å². The van der Waals surface area contributed by atoms with Gasteiger partial charge in [0.15, 0.2) is 0 Å². The van der Waals surface area contributed by atoms with Gasteiger partial charge in [-0.05, 0) is 30.0 Å². The van der Waals surface area contributed by atoms with Crippen LogP contribution >= 0.6 is 27.3 Å². The molecule has 0 amide bonds. The highest BCUT2D eigenvalue weighted by Gasteiger charge is 2.15. The van der Waals surface area contributed by atoms with Crippen LogP contribution in [0, 0.1) is 18.3 Å². The Bertz CT molecular complexity index is 816. The number of nitrogens with zero attached hydrogens (tertiary/aromatic N) is 3. The van der Waals surface area contributed by atoms with Gasteiger partial charge in [0.05, 0.1) is 5.56 Å². The summed E-state index contributed by atoms with van der Waals surface area (Å²) in [7, 11) is 0. The van der Waals surface area contributed by atoms with E-state index in [0.29, 0.717) is 22.2 Å². The summed E-state index contributed by atoms with van der Waals surface area (Å²) in [6.07, 6.45) is 0. The minimum atomic E-state index is 0.378. The summed E-state index contributed by atoms with van der Waals surface area (Å²) >= 11 is 4.90. The molecule has 98 valence electrons. The van der Waals surface area contributed by atoms with E-state index in [1.165, 1.54) is 11.3 Å². The van der Waals surface area contributed by atoms with Gasteiger partial charge in [-0.3, -0.25) is 0 Å². The van der Waals surface area contributed by atoms with Crippen LogP contribution in [0.5, 0.6) is 0 Å². The predicted octanol–water partition coefficient (Wildman–Crippen LogP) is 4.41. The Morgan fingerprint density at radius 2 is 2.20 bits per heavy atom. The summed E-state index contributed by atoms with van der Waals surface area (Å²) in [5.74, 6) is 0.890. The molecule has 3 aromatic rings. The van der Waals surface area contributed by atoms with Crippen LogP contribution in [0.15, 0.2) is 38.6 Å². The van der Waals surface area contributed by atoms with Gasteiger partial charge < -0.3 is 4.52 Å². The third-order valence-corrected chi connectivity index (χ3v) is 4.59. The van der Waals surface area contributed by atoms with Crippen molar-refractivity contribution in [1.29, 1.82) is 5.26 Å². The van der Waals surface area contributed by atoms with E-state index in [-0.39, 0.29) is 0 Å². The molecule has 0 radical (unpaired) electrons. The first-order valence-corrected chi connectivity index (χ1v) is 7.44. The van der Waals surface area contributed by atoms with Crippen LogP contribution in [0.4, 0.5) is 0 Å². The largest absolute Gasteiger partial charge is 0.333 e. The van der Waals surface area contributed by atoms with Gasteiger partial charge in [-0.25, -0.2) is 0 Å². The number of thiophene rings is 1. The summed E-state index contributed by atoms with van der Waals surface area (Å²) in [5, 5.41) is 14.8. The predicted molar refractivity (Wildman–Crippen MR) is 80.2 cm³/mol. The standard InChI is InChI=1S/C14H8BrN3OS/c1-8-2-3-9(6-11(8)15)13-17-14(19-18-13)12-10(7-16)4-5-20-12/h2-6H,1H3. The topological polar surface area (TPSA) is 62.7 Å². The molecule has 0 saturated heterocycles. The lowest BCUT2D eigenvalue weighted by Gasteiger charge is -1.99. The van der Waals surface area contributed by atoms with Gasteiger partial charge in [-0.2, -0.15) is 10.2 Å². The maximum absolute atomic E-state index is 9.02. The van der Waals surface area contributed by atoms with Gasteiger partial charge in [0.2, 0.25) is 5.82 Å². The van der Waals surface area contributed by atoms with Crippen LogP contribution < -0.4 is 0 Å². The van der Waals surface area contributed by atoms with E-state index in [2.05, 4.69) is 32.1 Å². The van der Waals surface area contributed by atoms with Gasteiger partial charge >= 0.3 is 0 Å². The van der Waals surface area contributed by atoms with Crippen molar-refractivity contribution in [2.24, 2.45) is 0 Å². The van der Waals surface area contributed by atoms with Crippen LogP contribution in [0.25, 0.3) is 22.2 Å². The Kier molecular flexibility index (Phi) is 3.38. The average Bonchev–Trinajstić information content (AvgIpc) is 3.09. The quantitative estimate of drug-likeness (QED) is 0.690. The molecule has 0 aliphatic heterocycles. The molecule has 0 bridgehead atoms. The number of rotatable bonds is 2. The molecule has 20 heavy (non-hydrogen) atoms. The highest BCUT2D eigenvalue weighted by molar-refractivity contribution is 9.10. The fraction of sp³-hybridized carbons (Fsp3) is 0.0714. The van der Waals surface area contributed by atoms with E-state index in [9.17, 15) is 0 Å². The van der Waals surface area contributed by atoms with Gasteiger partial charge in [0.25, 0.3) is 5.89 Å². The van der Waals surface area contributed by atoms with Crippen LogP contribution in [0.2, 0.25) is 0 Å². The minimum absolute atomic E-state index is 0.378. The number of hydrogen-bond acceptors (Lipinski definition) is 5. The molecule has 4 nitrogen and oxygen atoms in total. The fourth-order valence-corrected chi connectivity index (χ4v) is 2.87. The van der Waals surface area contributed by atoms with Crippen molar-refractivity contribution in [3.05, 3.63) is 45.2 Å². The smallest absolute Gasteiger partial charge is 0.269 e. The van der Waals surface area contributed by atoms with E-state index in [0.717, 1.165) is 15.6 Å². The van der Waals surface area contributed by atoms with Crippen molar-refractivity contribution in [3.8, 4) is 28.2 Å². The maximum atomic E-state index is 9.02. The van der Waals surface area contributed by atoms with Crippen LogP contribution in [-0.2, 0) is 0 Å². The van der Waals surface area contributed by atoms with Crippen molar-refractivity contribution in [3.63, 3.8) is 0 Å². The molecule has 0 unspecified atom stereocenters. The summed E-state index contributed by atoms with van der Waals surface area (Å²) in [4.78, 5) is 5.07. The first-order chi connectivity index (χ1) is 9.69. The molecule has 6 heteroatoms. The minimum Gasteiger partial charge on any atom is -0.333 e. The Morgan fingerprint density at radius 3 is 2.95 bits per heavy atom. The first kappa shape index (κ1) is 13.0. The van der Waals surface area contributed by atoms with Crippen molar-refractivity contribution in [1.82, 2.24) is 10.1 Å². The lowest BCUT2D eigenvalue weighted by molar-refractivity contribution is 0.433. The lowest BCUT2D eigenvalue weighted by Crippen LogP contribution is -1.83. The van der Waals surface area contributed by atoms with Crippen LogP contribution in [-0.4, -0.2) is 10.1 Å². The molecular weight excluding hydrogens is 338 g/mol. The zero-order chi connectivity index (χ0) is 14.1. The summed E-state index contributed by atoms with van der Waals surface area (Å²) in [6, 6.07) is 9.73. The van der Waals surface area contributed by atoms with E-state index in [4.69, 9.17) is 9.78 Å². The number of aryl methyl sites for hydroxylation is 1. The Labute approximate surface area is 127 Å². The molecule has 0 fully saturated rings. The molecule has 0 aliphatic rings. The highest BCUT2D eigenvalue weighted by atomic mass is 79.9. The van der Waals surface area contributed by atoms with Crippen molar-refractivity contribution >= 4 is 27.3 Å². The van der Waals surface area contributed by atoms with Crippen LogP contribution in [0.3, 0.4) is 0 Å². The monoisotopic (exact) mass is 345 g/mol. The van der Waals surface area contributed by atoms with Crippen LogP contribution in [0.1, 0.15) is 11.1 Å². The highest BCUT2D eigenvalue weighted by Crippen LogP contribution is 2.30. The number of halogens is 1. The normalized spacial score (nSPS) is 10.4. The zero-order valence-electron chi connectivity index (χ0n) is 10.4. The molecule has 0 saturated carbocycles. The number of nitriles is 1. The Morgan fingerprint density at radius 1 is 1.35 bits per heavy atom. The third kappa shape index (κ3) is 2.26. The molecule has 3 rings (SSSR count). The van der Waals surface area contributed by atoms with Gasteiger partial charge in [-0.15, -0.1) is 11.3 Å². The fourth-order valence-electron chi connectivity index (χ4n) is 1.73. The summed E-state index contributed by atoms with van der Waals surface area (Å²) < 4.78 is 6.25. The lowest BCUT2D eigenvalue weighted by atomic mass is 10.1. The number of hydrogen-bond donors (Lipinski definition) is 0. The molecule has 2 heterocycles. The molecular formula is C14H8BrN3OS. The first-order valence-electron chi connectivity index (χ1n) is 5.77. The van der Waals surface area contributed by atoms with Crippen molar-refractivity contribution in [2.45, 2.75) is 6.92 Å². The average molecular weight is 346 g/mol. The second-order valence-electron chi connectivity index (χ2n) is 4.16. The SMILES string of the molecule is Cc1ccc(-c2noc(-c3sccc3C#N)n2)cc1Br. The molecule has 0 N–H and O–H groups in total. The van der Waals surface area contributed by atoms with E-state index in [1.807, 2.05) is 30.5 Å². The van der Waals surface area contributed by atoms with Gasteiger partial charge in [0, 0.05) is 10.0 Å². The third-order valence-electron chi connectivity index (χ3n) is 2.84. The molecule has 0 aliphatic carbocycles. The van der Waals surface area contributed by atoms with Crippen molar-refractivity contribution in [2.75, 3.05) is 0 Å². The van der Waals surface area contributed by atoms with E-state index in [1.54, 1.807) is 6.07 Å². The molecule has 1 aromatic carbocycles. The summed E-state index contributed by atoms with van der Waals surface area (Å²) in [6.45, 7) is 2.01. The summed E-state index contributed by atoms with van der Waals surface area (Å²) in [5.41, 5.74) is 2.56. The van der Waals surface area contributed by atoms with Gasteiger partial charge in [0.1, 0.15) is 10.9 Å². The van der Waals surface area contributed by atoms with E-state index < -0.39 is 0 Å². The molecule has 0 spiro atoms. The Hall–Kier alpha value is -1.97. The maximum Gasteiger partial charge on any atom is 0.269 e. The molecule has 0 atom stereocenters. The van der Waals surface area contributed by atoms with Gasteiger partial charge in [-0.1, -0.05) is 33.2 Å². The number of aromatic nitrogens is 2. The second kappa shape index (κ2) is 5.19. The Balaban J connectivity index is 2.02. The molecule has 2 aromatic heterocycles. The number of benzene rings is 1. The zero-order valence-corrected chi connectivity index (χ0v) is 12.8.